The van der Waals surface area contributed by atoms with Crippen molar-refractivity contribution in [3.05, 3.63) is 0 Å². The van der Waals surface area contributed by atoms with Gasteiger partial charge in [-0.3, -0.25) is 0 Å². The first-order valence-electron chi connectivity index (χ1n) is 0.938. The Labute approximate surface area is 41.8 Å². The van der Waals surface area contributed by atoms with Crippen molar-refractivity contribution in [3.63, 3.8) is 0 Å². The molecule has 0 rings (SSSR count). The Kier molecular flexibility index (Phi) is 1.80. The first-order valence-corrected chi connectivity index (χ1v) is 2.06. The largest absolute Gasteiger partial charge is 0.615 e. The van der Waals surface area contributed by atoms with E-state index in [1.165, 1.54) is 0 Å². The first-order chi connectivity index (χ1) is 2.56. The molecule has 0 aliphatic heterocycles. The van der Waals surface area contributed by atoms with E-state index in [0.717, 1.165) is 0 Å². The summed E-state index contributed by atoms with van der Waals surface area (Å²) in [6.07, 6.45) is 0. The van der Waals surface area contributed by atoms with Crippen LogP contribution in [-0.2, 0) is 15.9 Å². The predicted octanol–water partition coefficient (Wildman–Crippen LogP) is 1.20. The highest BCUT2D eigenvalue weighted by Crippen LogP contribution is 2.15. The van der Waals surface area contributed by atoms with Gasteiger partial charge < -0.3 is 0 Å². The average Bonchev–Trinajstić information content (AvgIpc) is 1.35. The summed E-state index contributed by atoms with van der Waals surface area (Å²) >= 11 is 3.10. The van der Waals surface area contributed by atoms with Gasteiger partial charge in [-0.2, -0.15) is 0 Å². The molecular formula is CClF2OS+. The van der Waals surface area contributed by atoms with E-state index < -0.39 is 16.4 Å². The van der Waals surface area contributed by atoms with Crippen molar-refractivity contribution in [1.29, 1.82) is 0 Å². The summed E-state index contributed by atoms with van der Waals surface area (Å²) in [5.41, 5.74) is 0. The molecule has 0 unspecified atom stereocenters. The van der Waals surface area contributed by atoms with Crippen molar-refractivity contribution in [2.45, 2.75) is 4.71 Å². The third-order valence-electron chi connectivity index (χ3n) is 0.0945. The summed E-state index contributed by atoms with van der Waals surface area (Å²) in [6.45, 7) is 0. The molecule has 0 bridgehead atoms. The van der Waals surface area contributed by atoms with Crippen molar-refractivity contribution < 1.29 is 13.0 Å². The van der Waals surface area contributed by atoms with Crippen LogP contribution in [0.5, 0.6) is 0 Å². The molecule has 1 nitrogen and oxygen atoms in total. The minimum atomic E-state index is -3.62. The molecule has 0 atom stereocenters. The number of halogens is 3. The van der Waals surface area contributed by atoms with Crippen LogP contribution in [0.1, 0.15) is 0 Å². The molecule has 0 N–H and O–H groups in total. The third-order valence-corrected chi connectivity index (χ3v) is 0.472. The standard InChI is InChI=1S/CClF2OS/c2-1(3,4)6-5/q+1. The molecule has 0 heterocycles. The van der Waals surface area contributed by atoms with Gasteiger partial charge >= 0.3 is 16.4 Å². The highest BCUT2D eigenvalue weighted by Gasteiger charge is 2.42. The monoisotopic (exact) mass is 133 g/mol. The Hall–Kier alpha value is 0.170. The lowest BCUT2D eigenvalue weighted by atomic mass is 11.6. The van der Waals surface area contributed by atoms with Gasteiger partial charge in [0, 0.05) is 15.8 Å². The number of alkyl halides is 3. The lowest BCUT2D eigenvalue weighted by molar-refractivity contribution is 0.198. The normalized spacial score (nSPS) is 11.2. The summed E-state index contributed by atoms with van der Waals surface area (Å²) in [4.78, 5) is 0. The van der Waals surface area contributed by atoms with E-state index in [1.807, 2.05) is 0 Å². The van der Waals surface area contributed by atoms with E-state index in [4.69, 9.17) is 4.21 Å². The summed E-state index contributed by atoms with van der Waals surface area (Å²) in [7, 11) is 0. The van der Waals surface area contributed by atoms with E-state index >= 15 is 0 Å². The maximum absolute atomic E-state index is 10.9. The Balaban J connectivity index is 3.45. The second-order valence-electron chi connectivity index (χ2n) is 0.529. The van der Waals surface area contributed by atoms with Crippen LogP contribution in [0.3, 0.4) is 0 Å². The third kappa shape index (κ3) is 4.17. The Morgan fingerprint density at radius 2 is 1.83 bits per heavy atom. The second kappa shape index (κ2) is 1.75. The zero-order chi connectivity index (χ0) is 5.21. The van der Waals surface area contributed by atoms with Crippen LogP contribution in [0, 0.1) is 0 Å². The Morgan fingerprint density at radius 3 is 1.83 bits per heavy atom. The average molecular weight is 134 g/mol. The van der Waals surface area contributed by atoms with Gasteiger partial charge in [-0.15, -0.1) is 8.78 Å². The van der Waals surface area contributed by atoms with Crippen LogP contribution in [0.2, 0.25) is 0 Å². The van der Waals surface area contributed by atoms with E-state index in [0.29, 0.717) is 0 Å². The van der Waals surface area contributed by atoms with Crippen molar-refractivity contribution in [2.75, 3.05) is 0 Å². The highest BCUT2D eigenvalue weighted by molar-refractivity contribution is 7.68. The van der Waals surface area contributed by atoms with Gasteiger partial charge in [0.25, 0.3) is 0 Å². The highest BCUT2D eigenvalue weighted by atomic mass is 35.5. The molecule has 5 heteroatoms. The lowest BCUT2D eigenvalue weighted by Gasteiger charge is -1.72. The van der Waals surface area contributed by atoms with Gasteiger partial charge in [-0.05, 0) is 0 Å². The molecule has 36 valence electrons. The molecule has 0 aliphatic rings. The molecule has 0 saturated heterocycles. The van der Waals surface area contributed by atoms with Gasteiger partial charge in [0.15, 0.2) is 0 Å². The fourth-order valence-electron chi connectivity index (χ4n) is 0. The molecule has 0 saturated carbocycles. The van der Waals surface area contributed by atoms with Gasteiger partial charge in [0.05, 0.1) is 0 Å². The molecule has 0 radical (unpaired) electrons. The maximum atomic E-state index is 10.9. The van der Waals surface area contributed by atoms with Crippen LogP contribution >= 0.6 is 11.6 Å². The maximum Gasteiger partial charge on any atom is 0.615 e. The van der Waals surface area contributed by atoms with Crippen molar-refractivity contribution in [3.8, 4) is 0 Å². The van der Waals surface area contributed by atoms with Crippen LogP contribution in [0.25, 0.3) is 0 Å². The second-order valence-corrected chi connectivity index (χ2v) is 1.91. The topological polar surface area (TPSA) is 17.1 Å². The van der Waals surface area contributed by atoms with Crippen LogP contribution in [0.15, 0.2) is 0 Å². The van der Waals surface area contributed by atoms with Crippen molar-refractivity contribution in [2.24, 2.45) is 0 Å². The molecule has 0 aromatic carbocycles. The molecule has 6 heavy (non-hydrogen) atoms. The molecule has 0 spiro atoms. The van der Waals surface area contributed by atoms with Gasteiger partial charge in [0.1, 0.15) is 0 Å². The molecule has 0 aromatic rings. The summed E-state index contributed by atoms with van der Waals surface area (Å²) in [5.74, 6) is 0. The smallest absolute Gasteiger partial charge is 0.127 e. The Bertz CT molecular complexity index is 59.1. The minimum Gasteiger partial charge on any atom is -0.127 e. The summed E-state index contributed by atoms with van der Waals surface area (Å²) in [6, 6.07) is 0. The van der Waals surface area contributed by atoms with E-state index in [9.17, 15) is 8.78 Å². The van der Waals surface area contributed by atoms with Crippen LogP contribution in [0.4, 0.5) is 8.78 Å². The zero-order valence-corrected chi connectivity index (χ0v) is 4.02. The number of rotatable bonds is 1. The Morgan fingerprint density at radius 1 is 1.67 bits per heavy atom. The summed E-state index contributed by atoms with van der Waals surface area (Å²) < 4.78 is 27.1. The molecule has 0 fully saturated rings. The number of hydrogen-bond donors (Lipinski definition) is 0. The van der Waals surface area contributed by atoms with Crippen LogP contribution in [-0.4, -0.2) is 4.71 Å². The fraction of sp³-hybridized carbons (Fsp3) is 1.00. The molecule has 0 aliphatic carbocycles. The zero-order valence-electron chi connectivity index (χ0n) is 2.45. The lowest BCUT2D eigenvalue weighted by Crippen LogP contribution is -1.99. The quantitative estimate of drug-likeness (QED) is 0.388. The van der Waals surface area contributed by atoms with E-state index in [-0.39, 0.29) is 0 Å². The van der Waals surface area contributed by atoms with Crippen LogP contribution < -0.4 is 0 Å². The van der Waals surface area contributed by atoms with E-state index in [1.54, 1.807) is 0 Å². The molecular weight excluding hydrogens is 134 g/mol. The van der Waals surface area contributed by atoms with Crippen molar-refractivity contribution >= 4 is 23.3 Å². The van der Waals surface area contributed by atoms with Crippen molar-refractivity contribution in [1.82, 2.24) is 0 Å². The molecule has 0 amide bonds. The molecule has 0 aromatic heterocycles. The minimum absolute atomic E-state index is 0.936. The number of hydrogen-bond acceptors (Lipinski definition) is 1. The SMILES string of the molecule is O=[S+]C(F)(F)Cl. The van der Waals surface area contributed by atoms with Gasteiger partial charge in [-0.25, -0.2) is 0 Å². The fourth-order valence-corrected chi connectivity index (χ4v) is 0. The predicted molar refractivity (Wildman–Crippen MR) is 18.9 cm³/mol. The van der Waals surface area contributed by atoms with Gasteiger partial charge in [-0.1, -0.05) is 0 Å². The first kappa shape index (κ1) is 6.17. The van der Waals surface area contributed by atoms with Gasteiger partial charge in [0.2, 0.25) is 0 Å². The summed E-state index contributed by atoms with van der Waals surface area (Å²) in [5, 5.41) is 0. The van der Waals surface area contributed by atoms with E-state index in [2.05, 4.69) is 11.6 Å².